The van der Waals surface area contributed by atoms with Gasteiger partial charge in [-0.2, -0.15) is 10.1 Å². The van der Waals surface area contributed by atoms with Gasteiger partial charge in [0.15, 0.2) is 5.82 Å². The van der Waals surface area contributed by atoms with Crippen LogP contribution < -0.4 is 15.4 Å². The van der Waals surface area contributed by atoms with Gasteiger partial charge in [-0.3, -0.25) is 0 Å². The number of aromatic nitrogens is 3. The third kappa shape index (κ3) is 3.95. The van der Waals surface area contributed by atoms with Gasteiger partial charge >= 0.3 is 0 Å². The summed E-state index contributed by atoms with van der Waals surface area (Å²) in [5.41, 5.74) is 1.38. The zero-order chi connectivity index (χ0) is 16.8. The number of methoxy groups -OCH3 is 1. The second kappa shape index (κ2) is 7.36. The highest BCUT2D eigenvalue weighted by Crippen LogP contribution is 2.18. The molecule has 0 bridgehead atoms. The SMILES string of the molecule is COc1ccc(CNc2nncc(Nc3ccccc3F)n2)cc1. The van der Waals surface area contributed by atoms with Crippen molar-refractivity contribution in [2.45, 2.75) is 6.54 Å². The Morgan fingerprint density at radius 1 is 1.08 bits per heavy atom. The predicted octanol–water partition coefficient (Wildman–Crippen LogP) is 3.38. The summed E-state index contributed by atoms with van der Waals surface area (Å²) in [6.07, 6.45) is 1.44. The zero-order valence-corrected chi connectivity index (χ0v) is 13.0. The quantitative estimate of drug-likeness (QED) is 0.724. The molecule has 0 aliphatic heterocycles. The molecular weight excluding hydrogens is 309 g/mol. The summed E-state index contributed by atoms with van der Waals surface area (Å²) in [4.78, 5) is 4.27. The second-order valence-electron chi connectivity index (χ2n) is 4.97. The molecule has 0 amide bonds. The van der Waals surface area contributed by atoms with E-state index in [-0.39, 0.29) is 5.82 Å². The van der Waals surface area contributed by atoms with Crippen LogP contribution in [0.3, 0.4) is 0 Å². The summed E-state index contributed by atoms with van der Waals surface area (Å²) >= 11 is 0. The van der Waals surface area contributed by atoms with Crippen LogP contribution >= 0.6 is 0 Å². The van der Waals surface area contributed by atoms with E-state index in [4.69, 9.17) is 4.74 Å². The number of ether oxygens (including phenoxy) is 1. The van der Waals surface area contributed by atoms with E-state index < -0.39 is 0 Å². The molecule has 0 saturated carbocycles. The number of nitrogens with zero attached hydrogens (tertiary/aromatic N) is 3. The molecule has 1 aromatic heterocycles. The molecule has 1 heterocycles. The fourth-order valence-electron chi connectivity index (χ4n) is 2.06. The Hall–Kier alpha value is -3.22. The minimum absolute atomic E-state index is 0.333. The van der Waals surface area contributed by atoms with Crippen molar-refractivity contribution >= 4 is 17.5 Å². The predicted molar refractivity (Wildman–Crippen MR) is 89.8 cm³/mol. The van der Waals surface area contributed by atoms with Gasteiger partial charge < -0.3 is 15.4 Å². The molecule has 122 valence electrons. The number of anilines is 3. The lowest BCUT2D eigenvalue weighted by atomic mass is 10.2. The van der Waals surface area contributed by atoms with E-state index >= 15 is 0 Å². The topological polar surface area (TPSA) is 72.0 Å². The van der Waals surface area contributed by atoms with Gasteiger partial charge in [0.2, 0.25) is 5.95 Å². The van der Waals surface area contributed by atoms with Crippen LogP contribution in [0.25, 0.3) is 0 Å². The maximum Gasteiger partial charge on any atom is 0.244 e. The highest BCUT2D eigenvalue weighted by molar-refractivity contribution is 5.56. The second-order valence-corrected chi connectivity index (χ2v) is 4.97. The van der Waals surface area contributed by atoms with Crippen molar-refractivity contribution in [3.8, 4) is 5.75 Å². The smallest absolute Gasteiger partial charge is 0.244 e. The first-order chi connectivity index (χ1) is 11.7. The minimum Gasteiger partial charge on any atom is -0.497 e. The molecule has 0 aliphatic rings. The number of nitrogens with one attached hydrogen (secondary N) is 2. The lowest BCUT2D eigenvalue weighted by Gasteiger charge is -2.08. The van der Waals surface area contributed by atoms with Crippen LogP contribution in [0.15, 0.2) is 54.7 Å². The Bertz CT molecular complexity index is 810. The molecule has 2 N–H and O–H groups in total. The molecule has 0 radical (unpaired) electrons. The van der Waals surface area contributed by atoms with E-state index in [0.29, 0.717) is 24.0 Å². The molecule has 0 aliphatic carbocycles. The highest BCUT2D eigenvalue weighted by atomic mass is 19.1. The van der Waals surface area contributed by atoms with Crippen LogP contribution in [0.5, 0.6) is 5.75 Å². The van der Waals surface area contributed by atoms with Gasteiger partial charge in [0.05, 0.1) is 19.0 Å². The number of benzene rings is 2. The summed E-state index contributed by atoms with van der Waals surface area (Å²) in [7, 11) is 1.63. The molecular formula is C17H16FN5O. The van der Waals surface area contributed by atoms with Gasteiger partial charge in [0.1, 0.15) is 11.6 Å². The van der Waals surface area contributed by atoms with Gasteiger partial charge in [0, 0.05) is 6.54 Å². The number of halogens is 1. The van der Waals surface area contributed by atoms with Gasteiger partial charge in [-0.25, -0.2) is 4.39 Å². The zero-order valence-electron chi connectivity index (χ0n) is 13.0. The Balaban J connectivity index is 1.65. The fraction of sp³-hybridized carbons (Fsp3) is 0.118. The molecule has 6 nitrogen and oxygen atoms in total. The standard InChI is InChI=1S/C17H16FN5O/c1-24-13-8-6-12(7-9-13)10-19-17-22-16(11-20-23-17)21-15-5-3-2-4-14(15)18/h2-9,11H,10H2,1H3,(H2,19,21,22,23). The van der Waals surface area contributed by atoms with Crippen molar-refractivity contribution in [2.75, 3.05) is 17.7 Å². The molecule has 0 spiro atoms. The lowest BCUT2D eigenvalue weighted by Crippen LogP contribution is -2.06. The van der Waals surface area contributed by atoms with Crippen molar-refractivity contribution in [3.63, 3.8) is 0 Å². The maximum absolute atomic E-state index is 13.7. The minimum atomic E-state index is -0.358. The third-order valence-corrected chi connectivity index (χ3v) is 3.31. The number of hydrogen-bond donors (Lipinski definition) is 2. The average Bonchev–Trinajstić information content (AvgIpc) is 2.63. The molecule has 0 atom stereocenters. The van der Waals surface area contributed by atoms with Crippen molar-refractivity contribution < 1.29 is 9.13 Å². The normalized spacial score (nSPS) is 10.2. The van der Waals surface area contributed by atoms with Gasteiger partial charge in [0.25, 0.3) is 0 Å². The Kier molecular flexibility index (Phi) is 4.81. The van der Waals surface area contributed by atoms with Gasteiger partial charge in [-0.1, -0.05) is 24.3 Å². The first-order valence-corrected chi connectivity index (χ1v) is 7.32. The maximum atomic E-state index is 13.7. The Morgan fingerprint density at radius 2 is 1.88 bits per heavy atom. The van der Waals surface area contributed by atoms with Crippen molar-refractivity contribution in [1.82, 2.24) is 15.2 Å². The largest absolute Gasteiger partial charge is 0.497 e. The first-order valence-electron chi connectivity index (χ1n) is 7.32. The van der Waals surface area contributed by atoms with E-state index in [2.05, 4.69) is 25.8 Å². The van der Waals surface area contributed by atoms with E-state index in [9.17, 15) is 4.39 Å². The molecule has 0 saturated heterocycles. The summed E-state index contributed by atoms with van der Waals surface area (Å²) < 4.78 is 18.8. The molecule has 0 fully saturated rings. The van der Waals surface area contributed by atoms with Crippen LogP contribution in [0, 0.1) is 5.82 Å². The van der Waals surface area contributed by atoms with Crippen LogP contribution in [-0.4, -0.2) is 22.3 Å². The molecule has 0 unspecified atom stereocenters. The van der Waals surface area contributed by atoms with Crippen LogP contribution in [-0.2, 0) is 6.54 Å². The van der Waals surface area contributed by atoms with E-state index in [1.165, 1.54) is 12.3 Å². The first kappa shape index (κ1) is 15.7. The monoisotopic (exact) mass is 325 g/mol. The Morgan fingerprint density at radius 3 is 2.62 bits per heavy atom. The lowest BCUT2D eigenvalue weighted by molar-refractivity contribution is 0.414. The fourth-order valence-corrected chi connectivity index (χ4v) is 2.06. The van der Waals surface area contributed by atoms with E-state index in [1.54, 1.807) is 25.3 Å². The molecule has 24 heavy (non-hydrogen) atoms. The van der Waals surface area contributed by atoms with Gasteiger partial charge in [-0.15, -0.1) is 5.10 Å². The third-order valence-electron chi connectivity index (χ3n) is 3.31. The van der Waals surface area contributed by atoms with Crippen molar-refractivity contribution in [1.29, 1.82) is 0 Å². The molecule has 7 heteroatoms. The number of rotatable bonds is 6. The molecule has 2 aromatic carbocycles. The van der Waals surface area contributed by atoms with Gasteiger partial charge in [-0.05, 0) is 29.8 Å². The highest BCUT2D eigenvalue weighted by Gasteiger charge is 2.04. The van der Waals surface area contributed by atoms with Crippen molar-refractivity contribution in [2.24, 2.45) is 0 Å². The number of para-hydroxylation sites is 1. The summed E-state index contributed by atoms with van der Waals surface area (Å²) in [6.45, 7) is 0.537. The van der Waals surface area contributed by atoms with Crippen LogP contribution in [0.2, 0.25) is 0 Å². The Labute approximate surface area is 138 Å². The number of hydrogen-bond acceptors (Lipinski definition) is 6. The van der Waals surface area contributed by atoms with Crippen molar-refractivity contribution in [3.05, 3.63) is 66.1 Å². The van der Waals surface area contributed by atoms with Crippen LogP contribution in [0.1, 0.15) is 5.56 Å². The summed E-state index contributed by atoms with van der Waals surface area (Å²) in [5.74, 6) is 1.20. The summed E-state index contributed by atoms with van der Waals surface area (Å²) in [5, 5.41) is 13.8. The summed E-state index contributed by atoms with van der Waals surface area (Å²) in [6, 6.07) is 14.0. The van der Waals surface area contributed by atoms with E-state index in [0.717, 1.165) is 11.3 Å². The molecule has 3 rings (SSSR count). The molecule has 3 aromatic rings. The van der Waals surface area contributed by atoms with E-state index in [1.807, 2.05) is 24.3 Å². The average molecular weight is 325 g/mol. The van der Waals surface area contributed by atoms with Crippen LogP contribution in [0.4, 0.5) is 21.8 Å².